The predicted molar refractivity (Wildman–Crippen MR) is 152 cm³/mol. The maximum Gasteiger partial charge on any atom is 0.145 e. The van der Waals surface area contributed by atoms with E-state index < -0.39 is 0 Å². The number of ether oxygens (including phenoxy) is 3. The van der Waals surface area contributed by atoms with Gasteiger partial charge in [0.15, 0.2) is 0 Å². The van der Waals surface area contributed by atoms with Crippen LogP contribution in [0, 0.1) is 0 Å². The second kappa shape index (κ2) is 16.3. The quantitative estimate of drug-likeness (QED) is 0.173. The molecule has 0 unspecified atom stereocenters. The van der Waals surface area contributed by atoms with E-state index in [0.29, 0.717) is 17.8 Å². The van der Waals surface area contributed by atoms with Crippen LogP contribution in [-0.4, -0.2) is 33.4 Å². The van der Waals surface area contributed by atoms with Crippen LogP contribution in [0.2, 0.25) is 0 Å². The average molecular weight is 501 g/mol. The van der Waals surface area contributed by atoms with Crippen LogP contribution in [0.25, 0.3) is 22.3 Å². The highest BCUT2D eigenvalue weighted by Crippen LogP contribution is 2.35. The van der Waals surface area contributed by atoms with Crippen LogP contribution in [0.4, 0.5) is 0 Å². The third-order valence-electron chi connectivity index (χ3n) is 4.68. The molecule has 0 saturated carbocycles. The molecule has 194 valence electrons. The maximum atomic E-state index is 9.41. The van der Waals surface area contributed by atoms with Gasteiger partial charge in [-0.2, -0.15) is 0 Å². The fraction of sp³-hybridized carbons (Fsp3) is 0.188. The Balaban J connectivity index is 0.000000583. The van der Waals surface area contributed by atoms with E-state index in [9.17, 15) is 9.59 Å². The fourth-order valence-electron chi connectivity index (χ4n) is 2.81. The van der Waals surface area contributed by atoms with Crippen molar-refractivity contribution < 1.29 is 23.8 Å². The van der Waals surface area contributed by atoms with Gasteiger partial charge in [-0.05, 0) is 84.5 Å². The van der Waals surface area contributed by atoms with Crippen LogP contribution < -0.4 is 14.2 Å². The second-order valence-electron chi connectivity index (χ2n) is 8.34. The van der Waals surface area contributed by atoms with Gasteiger partial charge in [-0.1, -0.05) is 56.1 Å². The van der Waals surface area contributed by atoms with Crippen LogP contribution in [0.3, 0.4) is 0 Å². The van der Waals surface area contributed by atoms with Crippen LogP contribution >= 0.6 is 0 Å². The summed E-state index contributed by atoms with van der Waals surface area (Å²) >= 11 is 0. The van der Waals surface area contributed by atoms with Crippen LogP contribution in [-0.2, 0) is 9.59 Å². The van der Waals surface area contributed by atoms with Gasteiger partial charge in [0.05, 0.1) is 14.2 Å². The lowest BCUT2D eigenvalue weighted by molar-refractivity contribution is -0.105. The molecule has 0 bridgehead atoms. The monoisotopic (exact) mass is 500 g/mol. The van der Waals surface area contributed by atoms with Crippen molar-refractivity contribution in [1.82, 2.24) is 0 Å². The zero-order valence-corrected chi connectivity index (χ0v) is 22.4. The minimum Gasteiger partial charge on any atom is -0.497 e. The van der Waals surface area contributed by atoms with E-state index in [-0.39, 0.29) is 0 Å². The molecule has 0 amide bonds. The zero-order chi connectivity index (χ0) is 27.8. The molecule has 0 heterocycles. The van der Waals surface area contributed by atoms with Gasteiger partial charge in [0.2, 0.25) is 0 Å². The van der Waals surface area contributed by atoms with Gasteiger partial charge in [0, 0.05) is 5.56 Å². The third-order valence-corrected chi connectivity index (χ3v) is 4.68. The predicted octanol–water partition coefficient (Wildman–Crippen LogP) is 7.52. The second-order valence-corrected chi connectivity index (χ2v) is 8.34. The summed E-state index contributed by atoms with van der Waals surface area (Å²) in [4.78, 5) is 18.8. The highest BCUT2D eigenvalue weighted by atomic mass is 16.5. The molecule has 3 aromatic rings. The molecular formula is C32H36O5. The third kappa shape index (κ3) is 11.3. The lowest BCUT2D eigenvalue weighted by Crippen LogP contribution is -1.99. The summed E-state index contributed by atoms with van der Waals surface area (Å²) in [6.45, 7) is 16.3. The minimum atomic E-state index is 0.481. The standard InChI is InChI=1S/C24H24O3.2C4H6O/c1-17(2)16-27-24-15-20(18-5-10-21(25-3)11-6-18)9-14-23(24)19-7-12-22(26-4)13-8-19;2*1-4(2)3-5/h5-15H,1,16H2,2-4H3;2*3H,1H2,2H3. The van der Waals surface area contributed by atoms with Crippen molar-refractivity contribution in [2.75, 3.05) is 20.8 Å². The van der Waals surface area contributed by atoms with Gasteiger partial charge in [-0.25, -0.2) is 0 Å². The smallest absolute Gasteiger partial charge is 0.145 e. The Morgan fingerprint density at radius 2 is 1.08 bits per heavy atom. The van der Waals surface area contributed by atoms with Crippen molar-refractivity contribution in [3.8, 4) is 39.5 Å². The molecule has 37 heavy (non-hydrogen) atoms. The van der Waals surface area contributed by atoms with Gasteiger partial charge in [-0.15, -0.1) is 0 Å². The van der Waals surface area contributed by atoms with E-state index in [2.05, 4.69) is 37.9 Å². The molecule has 3 rings (SSSR count). The first kappa shape index (κ1) is 30.7. The van der Waals surface area contributed by atoms with Gasteiger partial charge < -0.3 is 14.2 Å². The molecular weight excluding hydrogens is 464 g/mol. The van der Waals surface area contributed by atoms with E-state index in [1.54, 1.807) is 28.1 Å². The molecule has 0 N–H and O–H groups in total. The fourth-order valence-corrected chi connectivity index (χ4v) is 2.81. The van der Waals surface area contributed by atoms with Gasteiger partial charge in [-0.3, -0.25) is 9.59 Å². The number of carbonyl (C=O) groups is 2. The summed E-state index contributed by atoms with van der Waals surface area (Å²) in [6, 6.07) is 22.3. The molecule has 0 aliphatic heterocycles. The van der Waals surface area contributed by atoms with Crippen molar-refractivity contribution in [2.45, 2.75) is 20.8 Å². The first-order chi connectivity index (χ1) is 17.6. The Labute approximate surface area is 220 Å². The molecule has 5 heteroatoms. The van der Waals surface area contributed by atoms with Crippen molar-refractivity contribution >= 4 is 12.6 Å². The van der Waals surface area contributed by atoms with E-state index in [0.717, 1.165) is 57.6 Å². The lowest BCUT2D eigenvalue weighted by Gasteiger charge is -2.14. The summed E-state index contributed by atoms with van der Waals surface area (Å²) in [6.07, 6.45) is 1.44. The Hall–Kier alpha value is -4.38. The number of allylic oxidation sites excluding steroid dienone is 2. The van der Waals surface area contributed by atoms with Gasteiger partial charge in [0.1, 0.15) is 36.4 Å². The van der Waals surface area contributed by atoms with Crippen LogP contribution in [0.15, 0.2) is 103 Å². The largest absolute Gasteiger partial charge is 0.497 e. The number of methoxy groups -OCH3 is 2. The molecule has 0 radical (unpaired) electrons. The number of rotatable bonds is 9. The SMILES string of the molecule is C=C(C)C=O.C=C(C)C=O.C=C(C)COc1cc(-c2ccc(OC)cc2)ccc1-c1ccc(OC)cc1. The summed E-state index contributed by atoms with van der Waals surface area (Å²) in [5.41, 5.74) is 6.44. The summed E-state index contributed by atoms with van der Waals surface area (Å²) < 4.78 is 16.6. The van der Waals surface area contributed by atoms with E-state index in [1.165, 1.54) is 0 Å². The van der Waals surface area contributed by atoms with Gasteiger partial charge in [0.25, 0.3) is 0 Å². The van der Waals surface area contributed by atoms with Crippen molar-refractivity contribution in [2.24, 2.45) is 0 Å². The Morgan fingerprint density at radius 3 is 1.46 bits per heavy atom. The highest BCUT2D eigenvalue weighted by Gasteiger charge is 2.10. The number of carbonyl (C=O) groups excluding carboxylic acids is 2. The average Bonchev–Trinajstić information content (AvgIpc) is 2.92. The highest BCUT2D eigenvalue weighted by molar-refractivity contribution is 5.77. The maximum absolute atomic E-state index is 9.41. The molecule has 0 aliphatic rings. The number of hydrogen-bond acceptors (Lipinski definition) is 5. The zero-order valence-electron chi connectivity index (χ0n) is 22.4. The molecule has 0 fully saturated rings. The first-order valence-electron chi connectivity index (χ1n) is 11.6. The lowest BCUT2D eigenvalue weighted by atomic mass is 9.99. The molecule has 0 aliphatic carbocycles. The Bertz CT molecular complexity index is 1170. The van der Waals surface area contributed by atoms with Crippen LogP contribution in [0.1, 0.15) is 20.8 Å². The number of hydrogen-bond donors (Lipinski definition) is 0. The molecule has 0 saturated heterocycles. The van der Waals surface area contributed by atoms with E-state index >= 15 is 0 Å². The molecule has 0 spiro atoms. The van der Waals surface area contributed by atoms with Crippen molar-refractivity contribution in [1.29, 1.82) is 0 Å². The molecule has 0 atom stereocenters. The minimum absolute atomic E-state index is 0.481. The van der Waals surface area contributed by atoms with Crippen molar-refractivity contribution in [3.63, 3.8) is 0 Å². The van der Waals surface area contributed by atoms with E-state index in [1.807, 2.05) is 55.5 Å². The van der Waals surface area contributed by atoms with Gasteiger partial charge >= 0.3 is 0 Å². The van der Waals surface area contributed by atoms with Crippen LogP contribution in [0.5, 0.6) is 17.2 Å². The molecule has 5 nitrogen and oxygen atoms in total. The first-order valence-corrected chi connectivity index (χ1v) is 11.6. The number of benzene rings is 3. The Kier molecular flexibility index (Phi) is 13.5. The topological polar surface area (TPSA) is 61.8 Å². The summed E-state index contributed by atoms with van der Waals surface area (Å²) in [7, 11) is 3.34. The molecule has 3 aromatic carbocycles. The summed E-state index contributed by atoms with van der Waals surface area (Å²) in [5.74, 6) is 2.50. The molecule has 0 aromatic heterocycles. The Morgan fingerprint density at radius 1 is 0.676 bits per heavy atom. The number of aldehydes is 2. The normalized spacial score (nSPS) is 9.32. The van der Waals surface area contributed by atoms with E-state index in [4.69, 9.17) is 14.2 Å². The van der Waals surface area contributed by atoms with Crippen molar-refractivity contribution in [3.05, 3.63) is 103 Å². The summed E-state index contributed by atoms with van der Waals surface area (Å²) in [5, 5.41) is 0.